The van der Waals surface area contributed by atoms with Crippen LogP contribution in [0.3, 0.4) is 0 Å². The summed E-state index contributed by atoms with van der Waals surface area (Å²) in [6.07, 6.45) is 4.24. The molecule has 1 aromatic rings. The summed E-state index contributed by atoms with van der Waals surface area (Å²) in [7, 11) is 1.61. The Kier molecular flexibility index (Phi) is 4.07. The molecule has 0 unspecified atom stereocenters. The number of carbonyl (C=O) groups excluding carboxylic acids is 1. The molecule has 0 spiro atoms. The molecule has 1 rings (SSSR count). The molecule has 0 amide bonds. The number of nitrogens with zero attached hydrogens (tertiary/aromatic N) is 1. The second-order valence-corrected chi connectivity index (χ2v) is 2.98. The predicted octanol–water partition coefficient (Wildman–Crippen LogP) is 1.27. The molecular weight excluding hydrogens is 180 g/mol. The molecule has 0 aliphatic carbocycles. The highest BCUT2D eigenvalue weighted by Gasteiger charge is 2.08. The van der Waals surface area contributed by atoms with Crippen molar-refractivity contribution in [1.29, 1.82) is 0 Å². The fraction of sp³-hybridized carbons (Fsp3) is 0.400. The average Bonchev–Trinajstić information content (AvgIpc) is 2.18. The fourth-order valence-electron chi connectivity index (χ4n) is 1.15. The van der Waals surface area contributed by atoms with Crippen molar-refractivity contribution in [3.8, 4) is 0 Å². The van der Waals surface area contributed by atoms with Gasteiger partial charge in [0.2, 0.25) is 0 Å². The smallest absolute Gasteiger partial charge is 0.166 e. The Hall–Kier alpha value is -1.42. The van der Waals surface area contributed by atoms with Crippen LogP contribution in [0.1, 0.15) is 23.2 Å². The largest absolute Gasteiger partial charge is 0.398 e. The third-order valence-corrected chi connectivity index (χ3v) is 1.91. The van der Waals surface area contributed by atoms with E-state index >= 15 is 0 Å². The number of nitrogens with two attached hydrogens (primary N) is 1. The molecule has 0 saturated heterocycles. The Morgan fingerprint density at radius 3 is 3.07 bits per heavy atom. The molecule has 76 valence electrons. The van der Waals surface area contributed by atoms with Crippen molar-refractivity contribution in [3.05, 3.63) is 24.0 Å². The number of hydrogen-bond acceptors (Lipinski definition) is 4. The monoisotopic (exact) mass is 194 g/mol. The van der Waals surface area contributed by atoms with Crippen molar-refractivity contribution in [2.75, 3.05) is 19.5 Å². The summed E-state index contributed by atoms with van der Waals surface area (Å²) < 4.78 is 4.86. The van der Waals surface area contributed by atoms with Crippen LogP contribution >= 0.6 is 0 Å². The number of nitrogen functional groups attached to an aromatic ring is 1. The molecule has 0 aliphatic rings. The maximum atomic E-state index is 11.6. The van der Waals surface area contributed by atoms with E-state index in [0.29, 0.717) is 30.7 Å². The van der Waals surface area contributed by atoms with Crippen LogP contribution in [0.5, 0.6) is 0 Å². The molecule has 0 aliphatic heterocycles. The Bertz CT molecular complexity index is 313. The van der Waals surface area contributed by atoms with E-state index in [0.717, 1.165) is 0 Å². The summed E-state index contributed by atoms with van der Waals surface area (Å²) >= 11 is 0. The highest BCUT2D eigenvalue weighted by atomic mass is 16.5. The van der Waals surface area contributed by atoms with Crippen LogP contribution in [0.2, 0.25) is 0 Å². The summed E-state index contributed by atoms with van der Waals surface area (Å²) in [6, 6.07) is 1.63. The third kappa shape index (κ3) is 2.81. The lowest BCUT2D eigenvalue weighted by molar-refractivity contribution is 0.0964. The van der Waals surface area contributed by atoms with Crippen molar-refractivity contribution in [2.24, 2.45) is 0 Å². The van der Waals surface area contributed by atoms with Gasteiger partial charge in [-0.05, 0) is 12.5 Å². The quantitative estimate of drug-likeness (QED) is 0.566. The molecule has 0 radical (unpaired) electrons. The Morgan fingerprint density at radius 1 is 1.64 bits per heavy atom. The molecule has 1 aromatic heterocycles. The summed E-state index contributed by atoms with van der Waals surface area (Å²) in [4.78, 5) is 15.4. The van der Waals surface area contributed by atoms with Gasteiger partial charge in [-0.15, -0.1) is 0 Å². The minimum absolute atomic E-state index is 0.0210. The van der Waals surface area contributed by atoms with Crippen LogP contribution in [0.4, 0.5) is 5.69 Å². The van der Waals surface area contributed by atoms with E-state index in [9.17, 15) is 4.79 Å². The zero-order valence-electron chi connectivity index (χ0n) is 8.19. The summed E-state index contributed by atoms with van der Waals surface area (Å²) in [6.45, 7) is 0.589. The molecule has 1 heterocycles. The molecule has 0 bridgehead atoms. The second kappa shape index (κ2) is 5.34. The lowest BCUT2D eigenvalue weighted by Crippen LogP contribution is -2.05. The summed E-state index contributed by atoms with van der Waals surface area (Å²) in [5, 5.41) is 0. The van der Waals surface area contributed by atoms with Gasteiger partial charge in [-0.25, -0.2) is 0 Å². The molecule has 0 fully saturated rings. The highest BCUT2D eigenvalue weighted by molar-refractivity contribution is 6.00. The second-order valence-electron chi connectivity index (χ2n) is 2.98. The first-order valence-corrected chi connectivity index (χ1v) is 4.47. The maximum absolute atomic E-state index is 11.6. The van der Waals surface area contributed by atoms with Crippen molar-refractivity contribution < 1.29 is 9.53 Å². The first kappa shape index (κ1) is 10.7. The number of carbonyl (C=O) groups is 1. The highest BCUT2D eigenvalue weighted by Crippen LogP contribution is 2.12. The number of rotatable bonds is 5. The third-order valence-electron chi connectivity index (χ3n) is 1.91. The Balaban J connectivity index is 2.56. The van der Waals surface area contributed by atoms with E-state index in [1.807, 2.05) is 0 Å². The molecule has 2 N–H and O–H groups in total. The lowest BCUT2D eigenvalue weighted by Gasteiger charge is -2.02. The summed E-state index contributed by atoms with van der Waals surface area (Å²) in [5.41, 5.74) is 6.63. The van der Waals surface area contributed by atoms with E-state index in [1.54, 1.807) is 19.4 Å². The van der Waals surface area contributed by atoms with Crippen molar-refractivity contribution in [2.45, 2.75) is 12.8 Å². The van der Waals surface area contributed by atoms with Crippen LogP contribution in [0.25, 0.3) is 0 Å². The summed E-state index contributed by atoms with van der Waals surface area (Å²) in [5.74, 6) is 0.0210. The minimum Gasteiger partial charge on any atom is -0.398 e. The molecule has 4 heteroatoms. The zero-order valence-corrected chi connectivity index (χ0v) is 8.19. The van der Waals surface area contributed by atoms with Crippen LogP contribution < -0.4 is 5.73 Å². The van der Waals surface area contributed by atoms with Gasteiger partial charge in [-0.3, -0.25) is 9.78 Å². The normalized spacial score (nSPS) is 10.1. The van der Waals surface area contributed by atoms with Gasteiger partial charge < -0.3 is 10.5 Å². The van der Waals surface area contributed by atoms with Gasteiger partial charge in [0.1, 0.15) is 0 Å². The maximum Gasteiger partial charge on any atom is 0.166 e. The van der Waals surface area contributed by atoms with E-state index in [-0.39, 0.29) is 5.78 Å². The molecule has 0 saturated carbocycles. The minimum atomic E-state index is 0.0210. The SMILES string of the molecule is COCCCC(=O)c1cnccc1N. The van der Waals surface area contributed by atoms with Gasteiger partial charge in [-0.2, -0.15) is 0 Å². The van der Waals surface area contributed by atoms with Gasteiger partial charge in [0.25, 0.3) is 0 Å². The van der Waals surface area contributed by atoms with Gasteiger partial charge in [0.05, 0.1) is 5.56 Å². The first-order chi connectivity index (χ1) is 6.75. The lowest BCUT2D eigenvalue weighted by atomic mass is 10.1. The standard InChI is InChI=1S/C10H14N2O2/c1-14-6-2-3-10(13)8-7-12-5-4-9(8)11/h4-5,7H,2-3,6H2,1H3,(H2,11,12). The fourth-order valence-corrected chi connectivity index (χ4v) is 1.15. The van der Waals surface area contributed by atoms with E-state index in [2.05, 4.69) is 4.98 Å². The number of pyridine rings is 1. The Labute approximate surface area is 83.1 Å². The van der Waals surface area contributed by atoms with Crippen LogP contribution in [0, 0.1) is 0 Å². The molecule has 14 heavy (non-hydrogen) atoms. The van der Waals surface area contributed by atoms with E-state index in [1.165, 1.54) is 6.20 Å². The number of ether oxygens (including phenoxy) is 1. The van der Waals surface area contributed by atoms with E-state index in [4.69, 9.17) is 10.5 Å². The van der Waals surface area contributed by atoms with Gasteiger partial charge in [-0.1, -0.05) is 0 Å². The topological polar surface area (TPSA) is 65.2 Å². The number of hydrogen-bond donors (Lipinski definition) is 1. The van der Waals surface area contributed by atoms with Crippen LogP contribution in [-0.2, 0) is 4.74 Å². The van der Waals surface area contributed by atoms with Crippen molar-refractivity contribution in [3.63, 3.8) is 0 Å². The van der Waals surface area contributed by atoms with Crippen molar-refractivity contribution >= 4 is 11.5 Å². The Morgan fingerprint density at radius 2 is 2.43 bits per heavy atom. The van der Waals surface area contributed by atoms with Crippen LogP contribution in [-0.4, -0.2) is 24.5 Å². The number of methoxy groups -OCH3 is 1. The predicted molar refractivity (Wildman–Crippen MR) is 54.1 cm³/mol. The van der Waals surface area contributed by atoms with Crippen molar-refractivity contribution in [1.82, 2.24) is 4.98 Å². The molecule has 0 atom stereocenters. The van der Waals surface area contributed by atoms with Gasteiger partial charge >= 0.3 is 0 Å². The number of ketones is 1. The molecule has 0 aromatic carbocycles. The van der Waals surface area contributed by atoms with Gasteiger partial charge in [0.15, 0.2) is 5.78 Å². The van der Waals surface area contributed by atoms with Crippen LogP contribution in [0.15, 0.2) is 18.5 Å². The molecule has 4 nitrogen and oxygen atoms in total. The van der Waals surface area contributed by atoms with Gasteiger partial charge in [0, 0.05) is 38.2 Å². The number of aromatic nitrogens is 1. The zero-order chi connectivity index (χ0) is 10.4. The van der Waals surface area contributed by atoms with E-state index < -0.39 is 0 Å². The average molecular weight is 194 g/mol. The first-order valence-electron chi connectivity index (χ1n) is 4.47. The number of anilines is 1. The number of Topliss-reactive ketones (excluding diaryl/α,β-unsaturated/α-hetero) is 1. The molecular formula is C10H14N2O2.